The van der Waals surface area contributed by atoms with Gasteiger partial charge in [0.2, 0.25) is 0 Å². The number of hydrogen-bond acceptors (Lipinski definition) is 4. The number of ether oxygens (including phenoxy) is 1. The molecule has 0 fully saturated rings. The first-order chi connectivity index (χ1) is 16.9. The molecule has 0 spiro atoms. The molecule has 3 aromatic heterocycles. The van der Waals surface area contributed by atoms with Gasteiger partial charge in [-0.3, -0.25) is 19.4 Å². The maximum Gasteiger partial charge on any atom is 0.281 e. The molecule has 35 heavy (non-hydrogen) atoms. The van der Waals surface area contributed by atoms with Crippen LogP contribution in [0.1, 0.15) is 17.0 Å². The second kappa shape index (κ2) is 9.58. The SMILES string of the molecule is Cn1ccc(Cn2c(COCc3ccccc3Cl)c3c(=O)n(-c4ccccc4Cl)[nH]c3cc2=O)n1. The van der Waals surface area contributed by atoms with Crippen molar-refractivity contribution in [1.82, 2.24) is 24.1 Å². The maximum absolute atomic E-state index is 13.6. The zero-order valence-corrected chi connectivity index (χ0v) is 20.3. The summed E-state index contributed by atoms with van der Waals surface area (Å²) in [6.45, 7) is 0.425. The number of pyridine rings is 1. The van der Waals surface area contributed by atoms with Crippen molar-refractivity contribution in [3.63, 3.8) is 0 Å². The molecule has 5 rings (SSSR count). The van der Waals surface area contributed by atoms with E-state index in [-0.39, 0.29) is 30.9 Å². The van der Waals surface area contributed by atoms with Gasteiger partial charge in [-0.15, -0.1) is 0 Å². The molecular formula is C25H21Cl2N5O3. The van der Waals surface area contributed by atoms with E-state index >= 15 is 0 Å². The molecular weight excluding hydrogens is 489 g/mol. The van der Waals surface area contributed by atoms with Crippen LogP contribution >= 0.6 is 23.2 Å². The number of benzene rings is 2. The molecule has 178 valence electrons. The summed E-state index contributed by atoms with van der Waals surface area (Å²) in [5.41, 5.74) is 2.20. The summed E-state index contributed by atoms with van der Waals surface area (Å²) in [4.78, 5) is 26.7. The second-order valence-corrected chi connectivity index (χ2v) is 8.89. The fraction of sp³-hybridized carbons (Fsp3) is 0.160. The molecule has 0 aliphatic carbocycles. The van der Waals surface area contributed by atoms with Crippen LogP contribution in [-0.2, 0) is 31.5 Å². The van der Waals surface area contributed by atoms with E-state index in [4.69, 9.17) is 27.9 Å². The van der Waals surface area contributed by atoms with E-state index < -0.39 is 0 Å². The minimum Gasteiger partial charge on any atom is -0.370 e. The van der Waals surface area contributed by atoms with Gasteiger partial charge in [0.05, 0.1) is 52.8 Å². The molecule has 0 saturated carbocycles. The van der Waals surface area contributed by atoms with Crippen LogP contribution in [0.25, 0.3) is 16.6 Å². The molecule has 10 heteroatoms. The number of H-pyrrole nitrogens is 1. The third-order valence-electron chi connectivity index (χ3n) is 5.70. The molecule has 5 aromatic rings. The van der Waals surface area contributed by atoms with Gasteiger partial charge in [-0.25, -0.2) is 4.68 Å². The molecule has 0 aliphatic rings. The van der Waals surface area contributed by atoms with Gasteiger partial charge in [-0.05, 0) is 29.8 Å². The largest absolute Gasteiger partial charge is 0.370 e. The van der Waals surface area contributed by atoms with Gasteiger partial charge >= 0.3 is 0 Å². The fourth-order valence-electron chi connectivity index (χ4n) is 4.02. The standard InChI is InChI=1S/C25H21Cl2N5O3/c1-30-11-10-17(28-30)13-31-22(15-35-14-16-6-2-3-7-18(16)26)24-20(12-23(31)33)29-32(25(24)34)21-9-5-4-8-19(21)27/h2-12,29H,13-15H2,1H3. The highest BCUT2D eigenvalue weighted by Gasteiger charge is 2.20. The van der Waals surface area contributed by atoms with Gasteiger partial charge in [0.1, 0.15) is 0 Å². The fourth-order valence-corrected chi connectivity index (χ4v) is 4.43. The minimum absolute atomic E-state index is 0.0141. The lowest BCUT2D eigenvalue weighted by atomic mass is 10.2. The average molecular weight is 510 g/mol. The Bertz CT molecular complexity index is 1650. The first-order valence-corrected chi connectivity index (χ1v) is 11.6. The molecule has 0 bridgehead atoms. The van der Waals surface area contributed by atoms with Crippen molar-refractivity contribution in [3.05, 3.63) is 115 Å². The Hall–Kier alpha value is -3.59. The number of halogens is 2. The number of rotatable bonds is 7. The number of aryl methyl sites for hydroxylation is 1. The first kappa shape index (κ1) is 23.2. The van der Waals surface area contributed by atoms with Crippen molar-refractivity contribution in [2.75, 3.05) is 0 Å². The van der Waals surface area contributed by atoms with E-state index in [0.717, 1.165) is 5.56 Å². The molecule has 0 radical (unpaired) electrons. The van der Waals surface area contributed by atoms with Gasteiger partial charge in [0.15, 0.2) is 0 Å². The Morgan fingerprint density at radius 2 is 1.71 bits per heavy atom. The lowest BCUT2D eigenvalue weighted by molar-refractivity contribution is 0.103. The highest BCUT2D eigenvalue weighted by Crippen LogP contribution is 2.22. The monoisotopic (exact) mass is 509 g/mol. The van der Waals surface area contributed by atoms with E-state index in [1.54, 1.807) is 48.3 Å². The summed E-state index contributed by atoms with van der Waals surface area (Å²) < 4.78 is 10.5. The summed E-state index contributed by atoms with van der Waals surface area (Å²) >= 11 is 12.6. The molecule has 0 unspecified atom stereocenters. The van der Waals surface area contributed by atoms with Crippen LogP contribution in [-0.4, -0.2) is 24.1 Å². The van der Waals surface area contributed by atoms with Gasteiger partial charge in [0, 0.05) is 24.3 Å². The summed E-state index contributed by atoms with van der Waals surface area (Å²) in [6, 6.07) is 17.6. The van der Waals surface area contributed by atoms with Gasteiger partial charge < -0.3 is 9.30 Å². The second-order valence-electron chi connectivity index (χ2n) is 8.07. The maximum atomic E-state index is 13.6. The molecule has 1 N–H and O–H groups in total. The van der Waals surface area contributed by atoms with Crippen LogP contribution in [0.4, 0.5) is 0 Å². The average Bonchev–Trinajstić information content (AvgIpc) is 3.39. The lowest BCUT2D eigenvalue weighted by Gasteiger charge is -2.13. The Morgan fingerprint density at radius 1 is 0.971 bits per heavy atom. The van der Waals surface area contributed by atoms with Gasteiger partial charge in [-0.1, -0.05) is 53.5 Å². The number of aromatic amines is 1. The highest BCUT2D eigenvalue weighted by atomic mass is 35.5. The molecule has 0 atom stereocenters. The molecule has 0 saturated heterocycles. The predicted molar refractivity (Wildman–Crippen MR) is 135 cm³/mol. The Balaban J connectivity index is 1.63. The van der Waals surface area contributed by atoms with Crippen molar-refractivity contribution in [1.29, 1.82) is 0 Å². The van der Waals surface area contributed by atoms with Crippen molar-refractivity contribution in [3.8, 4) is 5.69 Å². The van der Waals surface area contributed by atoms with Crippen LogP contribution in [0.2, 0.25) is 10.0 Å². The number of para-hydroxylation sites is 1. The summed E-state index contributed by atoms with van der Waals surface area (Å²) in [7, 11) is 1.80. The quantitative estimate of drug-likeness (QED) is 0.354. The minimum atomic E-state index is -0.334. The van der Waals surface area contributed by atoms with Crippen LogP contribution in [0.5, 0.6) is 0 Å². The topological polar surface area (TPSA) is 86.8 Å². The predicted octanol–water partition coefficient (Wildman–Crippen LogP) is 4.29. The zero-order valence-electron chi connectivity index (χ0n) is 18.7. The van der Waals surface area contributed by atoms with Crippen LogP contribution in [0, 0.1) is 0 Å². The lowest BCUT2D eigenvalue weighted by Crippen LogP contribution is -2.26. The Kier molecular flexibility index (Phi) is 6.34. The van der Waals surface area contributed by atoms with Crippen molar-refractivity contribution in [2.24, 2.45) is 7.05 Å². The van der Waals surface area contributed by atoms with Crippen molar-refractivity contribution >= 4 is 34.1 Å². The molecule has 2 aromatic carbocycles. The molecule has 0 aliphatic heterocycles. The summed E-state index contributed by atoms with van der Waals surface area (Å²) in [5.74, 6) is 0. The third-order valence-corrected chi connectivity index (χ3v) is 6.39. The Morgan fingerprint density at radius 3 is 2.43 bits per heavy atom. The smallest absolute Gasteiger partial charge is 0.281 e. The number of hydrogen-bond donors (Lipinski definition) is 1. The van der Waals surface area contributed by atoms with Crippen LogP contribution < -0.4 is 11.1 Å². The van der Waals surface area contributed by atoms with E-state index in [9.17, 15) is 9.59 Å². The number of nitrogens with zero attached hydrogens (tertiary/aromatic N) is 4. The van der Waals surface area contributed by atoms with Crippen LogP contribution in [0.15, 0.2) is 76.4 Å². The van der Waals surface area contributed by atoms with E-state index in [1.165, 1.54) is 15.3 Å². The molecule has 3 heterocycles. The van der Waals surface area contributed by atoms with Crippen molar-refractivity contribution < 1.29 is 4.74 Å². The van der Waals surface area contributed by atoms with E-state index in [1.807, 2.05) is 24.3 Å². The number of nitrogens with one attached hydrogen (secondary N) is 1. The van der Waals surface area contributed by atoms with Gasteiger partial charge in [-0.2, -0.15) is 5.10 Å². The summed E-state index contributed by atoms with van der Waals surface area (Å²) in [5, 5.41) is 8.74. The molecule has 8 nitrogen and oxygen atoms in total. The van der Waals surface area contributed by atoms with Crippen LogP contribution in [0.3, 0.4) is 0 Å². The zero-order chi connectivity index (χ0) is 24.5. The van der Waals surface area contributed by atoms with E-state index in [0.29, 0.717) is 38.0 Å². The number of aromatic nitrogens is 5. The molecule has 0 amide bonds. The highest BCUT2D eigenvalue weighted by molar-refractivity contribution is 6.32. The van der Waals surface area contributed by atoms with Gasteiger partial charge in [0.25, 0.3) is 11.1 Å². The third kappa shape index (κ3) is 4.55. The first-order valence-electron chi connectivity index (χ1n) is 10.8. The normalized spacial score (nSPS) is 11.4. The summed E-state index contributed by atoms with van der Waals surface area (Å²) in [6.07, 6.45) is 1.80. The Labute approximate surface area is 209 Å². The van der Waals surface area contributed by atoms with Crippen molar-refractivity contribution in [2.45, 2.75) is 19.8 Å². The van der Waals surface area contributed by atoms with E-state index in [2.05, 4.69) is 10.2 Å². The number of fused-ring (bicyclic) bond motifs is 1.